The summed E-state index contributed by atoms with van der Waals surface area (Å²) >= 11 is 0. The van der Waals surface area contributed by atoms with Gasteiger partial charge in [0.2, 0.25) is 11.8 Å². The molecule has 2 heterocycles. The summed E-state index contributed by atoms with van der Waals surface area (Å²) in [7, 11) is 0. The number of benzene rings is 2. The summed E-state index contributed by atoms with van der Waals surface area (Å²) in [6.45, 7) is 8.95. The average molecular weight is 570 g/mol. The highest BCUT2D eigenvalue weighted by Gasteiger charge is 2.44. The average Bonchev–Trinajstić information content (AvgIpc) is 3.33. The SMILES string of the molecule is CC(C)(C)N1C[C@@H](C(=O)N2CCC(c3ccc(F)cc3CCNC(=O)C3CCC3)CC2)[C@H](c2ccc(F)cc2F)C1. The molecule has 1 aliphatic carbocycles. The number of nitrogens with zero attached hydrogens (tertiary/aromatic N) is 2. The molecule has 8 heteroatoms. The first-order chi connectivity index (χ1) is 19.5. The van der Waals surface area contributed by atoms with Crippen molar-refractivity contribution in [2.75, 3.05) is 32.7 Å². The highest BCUT2D eigenvalue weighted by Crippen LogP contribution is 2.40. The molecule has 0 aromatic heterocycles. The minimum absolute atomic E-state index is 0.0157. The Labute approximate surface area is 241 Å². The zero-order valence-corrected chi connectivity index (χ0v) is 24.4. The number of carbonyl (C=O) groups excluding carboxylic acids is 2. The van der Waals surface area contributed by atoms with Gasteiger partial charge in [-0.25, -0.2) is 13.2 Å². The lowest BCUT2D eigenvalue weighted by Crippen LogP contribution is -2.44. The maximum Gasteiger partial charge on any atom is 0.227 e. The third-order valence-corrected chi connectivity index (χ3v) is 9.47. The monoisotopic (exact) mass is 569 g/mol. The first-order valence-corrected chi connectivity index (χ1v) is 15.1. The number of amides is 2. The number of nitrogens with one attached hydrogen (secondary N) is 1. The Morgan fingerprint density at radius 2 is 1.56 bits per heavy atom. The molecule has 2 saturated heterocycles. The molecule has 0 radical (unpaired) electrons. The van der Waals surface area contributed by atoms with Crippen LogP contribution in [0.3, 0.4) is 0 Å². The van der Waals surface area contributed by atoms with Crippen LogP contribution in [0.2, 0.25) is 0 Å². The summed E-state index contributed by atoms with van der Waals surface area (Å²) < 4.78 is 42.7. The van der Waals surface area contributed by atoms with Crippen LogP contribution in [-0.4, -0.2) is 59.9 Å². The summed E-state index contributed by atoms with van der Waals surface area (Å²) in [5.41, 5.74) is 2.20. The van der Waals surface area contributed by atoms with Crippen molar-refractivity contribution < 1.29 is 22.8 Å². The second kappa shape index (κ2) is 12.2. The van der Waals surface area contributed by atoms with Gasteiger partial charge in [0, 0.05) is 56.2 Å². The van der Waals surface area contributed by atoms with Crippen molar-refractivity contribution in [1.82, 2.24) is 15.1 Å². The molecular weight excluding hydrogens is 527 g/mol. The van der Waals surface area contributed by atoms with Crippen LogP contribution in [0.1, 0.15) is 81.4 Å². The van der Waals surface area contributed by atoms with Gasteiger partial charge in [-0.3, -0.25) is 14.5 Å². The molecule has 1 N–H and O–H groups in total. The van der Waals surface area contributed by atoms with Gasteiger partial charge >= 0.3 is 0 Å². The van der Waals surface area contributed by atoms with E-state index in [1.165, 1.54) is 18.2 Å². The van der Waals surface area contributed by atoms with Crippen molar-refractivity contribution in [3.8, 4) is 0 Å². The van der Waals surface area contributed by atoms with Crippen molar-refractivity contribution >= 4 is 11.8 Å². The number of likely N-dealkylation sites (tertiary alicyclic amines) is 2. The van der Waals surface area contributed by atoms with Crippen LogP contribution >= 0.6 is 0 Å². The maximum absolute atomic E-state index is 14.9. The van der Waals surface area contributed by atoms with Gasteiger partial charge < -0.3 is 10.2 Å². The Morgan fingerprint density at radius 3 is 2.17 bits per heavy atom. The minimum Gasteiger partial charge on any atom is -0.356 e. The molecule has 2 aromatic rings. The molecular formula is C33H42F3N3O2. The van der Waals surface area contributed by atoms with Gasteiger partial charge in [0.15, 0.2) is 0 Å². The van der Waals surface area contributed by atoms with Crippen molar-refractivity contribution in [3.05, 3.63) is 70.5 Å². The quantitative estimate of drug-likeness (QED) is 0.460. The number of rotatable bonds is 7. The van der Waals surface area contributed by atoms with Crippen molar-refractivity contribution in [1.29, 1.82) is 0 Å². The number of hydrogen-bond acceptors (Lipinski definition) is 3. The molecule has 2 amide bonds. The van der Waals surface area contributed by atoms with E-state index in [0.29, 0.717) is 44.7 Å². The number of piperidine rings is 1. The van der Waals surface area contributed by atoms with Crippen molar-refractivity contribution in [3.63, 3.8) is 0 Å². The summed E-state index contributed by atoms with van der Waals surface area (Å²) in [4.78, 5) is 30.2. The number of halogens is 3. The van der Waals surface area contributed by atoms with Crippen molar-refractivity contribution in [2.45, 2.75) is 76.7 Å². The zero-order valence-electron chi connectivity index (χ0n) is 24.4. The van der Waals surface area contributed by atoms with Crippen LogP contribution < -0.4 is 5.32 Å². The van der Waals surface area contributed by atoms with Gasteiger partial charge in [0.1, 0.15) is 17.5 Å². The van der Waals surface area contributed by atoms with E-state index in [1.54, 1.807) is 6.07 Å². The normalized spacial score (nSPS) is 22.5. The van der Waals surface area contributed by atoms with E-state index in [2.05, 4.69) is 31.0 Å². The predicted molar refractivity (Wildman–Crippen MR) is 153 cm³/mol. The Morgan fingerprint density at radius 1 is 0.902 bits per heavy atom. The Hall–Kier alpha value is -2.87. The standard InChI is InChI=1S/C33H42F3N3O2/c1-33(2,3)39-19-28(27-10-8-25(35)18-30(27)36)29(20-39)32(41)38-15-12-21(13-16-38)26-9-7-24(34)17-23(26)11-14-37-31(40)22-5-4-6-22/h7-10,17-18,21-22,28-29H,4-6,11-16,19-20H2,1-3H3,(H,37,40)/t28-,29+/m0/s1. The van der Waals surface area contributed by atoms with Crippen LogP contribution in [0, 0.1) is 29.3 Å². The van der Waals surface area contributed by atoms with Crippen LogP contribution in [0.15, 0.2) is 36.4 Å². The molecule has 222 valence electrons. The third kappa shape index (κ3) is 6.63. The Kier molecular flexibility index (Phi) is 8.78. The summed E-state index contributed by atoms with van der Waals surface area (Å²) in [6.07, 6.45) is 5.08. The van der Waals surface area contributed by atoms with E-state index in [1.807, 2.05) is 11.0 Å². The lowest BCUT2D eigenvalue weighted by atomic mass is 9.83. The third-order valence-electron chi connectivity index (χ3n) is 9.47. The van der Waals surface area contributed by atoms with Crippen LogP contribution in [0.25, 0.3) is 0 Å². The molecule has 3 aliphatic rings. The van der Waals surface area contributed by atoms with Crippen molar-refractivity contribution in [2.24, 2.45) is 11.8 Å². The fourth-order valence-corrected chi connectivity index (χ4v) is 6.69. The molecule has 41 heavy (non-hydrogen) atoms. The highest BCUT2D eigenvalue weighted by atomic mass is 19.1. The first kappa shape index (κ1) is 29.6. The van der Waals surface area contributed by atoms with Gasteiger partial charge in [-0.1, -0.05) is 18.6 Å². The number of carbonyl (C=O) groups is 2. The Bertz CT molecular complexity index is 1260. The van der Waals surface area contributed by atoms with E-state index < -0.39 is 17.6 Å². The van der Waals surface area contributed by atoms with Gasteiger partial charge in [0.05, 0.1) is 5.92 Å². The summed E-state index contributed by atoms with van der Waals surface area (Å²) in [5, 5.41) is 3.01. The molecule has 0 unspecified atom stereocenters. The van der Waals surface area contributed by atoms with E-state index >= 15 is 0 Å². The molecule has 2 atom stereocenters. The lowest BCUT2D eigenvalue weighted by molar-refractivity contribution is -0.136. The zero-order chi connectivity index (χ0) is 29.3. The molecule has 1 saturated carbocycles. The highest BCUT2D eigenvalue weighted by molar-refractivity contribution is 5.81. The predicted octanol–water partition coefficient (Wildman–Crippen LogP) is 5.78. The van der Waals surface area contributed by atoms with Gasteiger partial charge in [-0.2, -0.15) is 0 Å². The minimum atomic E-state index is -0.622. The molecule has 5 nitrogen and oxygen atoms in total. The smallest absolute Gasteiger partial charge is 0.227 e. The first-order valence-electron chi connectivity index (χ1n) is 15.1. The lowest BCUT2D eigenvalue weighted by Gasteiger charge is -2.36. The molecule has 2 aromatic carbocycles. The van der Waals surface area contributed by atoms with E-state index in [9.17, 15) is 22.8 Å². The van der Waals surface area contributed by atoms with Gasteiger partial charge in [-0.05, 0) is 93.7 Å². The second-order valence-corrected chi connectivity index (χ2v) is 13.1. The summed E-state index contributed by atoms with van der Waals surface area (Å²) in [6, 6.07) is 8.57. The van der Waals surface area contributed by atoms with Crippen LogP contribution in [0.4, 0.5) is 13.2 Å². The number of hydrogen-bond donors (Lipinski definition) is 1. The van der Waals surface area contributed by atoms with Crippen LogP contribution in [0.5, 0.6) is 0 Å². The second-order valence-electron chi connectivity index (χ2n) is 13.1. The van der Waals surface area contributed by atoms with Gasteiger partial charge in [-0.15, -0.1) is 0 Å². The fourth-order valence-electron chi connectivity index (χ4n) is 6.69. The van der Waals surface area contributed by atoms with Gasteiger partial charge in [0.25, 0.3) is 0 Å². The molecule has 5 rings (SSSR count). The maximum atomic E-state index is 14.9. The van der Waals surface area contributed by atoms with E-state index in [4.69, 9.17) is 0 Å². The Balaban J connectivity index is 1.25. The molecule has 0 bridgehead atoms. The van der Waals surface area contributed by atoms with E-state index in [-0.39, 0.29) is 40.9 Å². The van der Waals surface area contributed by atoms with Crippen LogP contribution in [-0.2, 0) is 16.0 Å². The van der Waals surface area contributed by atoms with E-state index in [0.717, 1.165) is 49.3 Å². The topological polar surface area (TPSA) is 52.7 Å². The molecule has 2 aliphatic heterocycles. The molecule has 3 fully saturated rings. The largest absolute Gasteiger partial charge is 0.356 e. The molecule has 0 spiro atoms. The fraction of sp³-hybridized carbons (Fsp3) is 0.576. The summed E-state index contributed by atoms with van der Waals surface area (Å²) in [5.74, 6) is -1.84.